The molecule has 2 aromatic carbocycles. The van der Waals surface area contributed by atoms with Crippen molar-refractivity contribution in [3.8, 4) is 0 Å². The summed E-state index contributed by atoms with van der Waals surface area (Å²) in [7, 11) is 0. The van der Waals surface area contributed by atoms with E-state index in [1.54, 1.807) is 13.8 Å². The van der Waals surface area contributed by atoms with Gasteiger partial charge in [0.05, 0.1) is 22.3 Å². The van der Waals surface area contributed by atoms with Gasteiger partial charge < -0.3 is 15.3 Å². The lowest BCUT2D eigenvalue weighted by molar-refractivity contribution is 0.0693. The highest BCUT2D eigenvalue weighted by molar-refractivity contribution is 6.31. The third kappa shape index (κ3) is 4.40. The molecular formula is C27H23ClF2N4O3. The van der Waals surface area contributed by atoms with Gasteiger partial charge in [0.2, 0.25) is 0 Å². The molecule has 1 aliphatic rings. The van der Waals surface area contributed by atoms with Gasteiger partial charge >= 0.3 is 5.97 Å². The molecule has 5 rings (SSSR count). The van der Waals surface area contributed by atoms with Crippen LogP contribution < -0.4 is 15.8 Å². The van der Waals surface area contributed by atoms with Crippen molar-refractivity contribution in [3.05, 3.63) is 104 Å². The molecule has 0 bridgehead atoms. The van der Waals surface area contributed by atoms with Gasteiger partial charge in [0.15, 0.2) is 5.82 Å². The second kappa shape index (κ2) is 9.48. The third-order valence-electron chi connectivity index (χ3n) is 6.72. The van der Waals surface area contributed by atoms with Crippen LogP contribution in [0.4, 0.5) is 20.3 Å². The van der Waals surface area contributed by atoms with Gasteiger partial charge in [0.25, 0.3) is 5.56 Å². The quantitative estimate of drug-likeness (QED) is 0.351. The van der Waals surface area contributed by atoms with Crippen LogP contribution in [0.2, 0.25) is 5.02 Å². The topological polar surface area (TPSA) is 86.9 Å². The van der Waals surface area contributed by atoms with Gasteiger partial charge in [-0.2, -0.15) is 0 Å². The summed E-state index contributed by atoms with van der Waals surface area (Å²) >= 11 is 5.76. The standard InChI is InChI=1S/C27H23ClF2N4O3/c1-14-24(33-11-17(12-33)16-6-4-3-5-7-16)32-25-19(10-18(29)13-34(25)26(14)35)15(2)31-21-9-8-20(28)23(30)22(21)27(36)37/h3-10,13,15,17,31H,11-12H2,1-2H3,(H,36,37)/t15-/m1/s1. The Morgan fingerprint density at radius 2 is 1.89 bits per heavy atom. The van der Waals surface area contributed by atoms with Crippen LogP contribution in [0.1, 0.15) is 45.9 Å². The number of aromatic nitrogens is 2. The van der Waals surface area contributed by atoms with E-state index in [2.05, 4.69) is 17.4 Å². The minimum absolute atomic E-state index is 0.0348. The van der Waals surface area contributed by atoms with Crippen molar-refractivity contribution >= 4 is 34.7 Å². The Hall–Kier alpha value is -3.98. The Labute approximate surface area is 216 Å². The van der Waals surface area contributed by atoms with Crippen LogP contribution in [-0.2, 0) is 0 Å². The molecule has 0 spiro atoms. The molecule has 4 aromatic rings. The SMILES string of the molecule is Cc1c(N2CC(c3ccccc3)C2)nc2c([C@@H](C)Nc3ccc(Cl)c(F)c3C(=O)O)cc(F)cn2c1=O. The first kappa shape index (κ1) is 24.7. The number of rotatable bonds is 6. The second-order valence-corrected chi connectivity index (χ2v) is 9.55. The Kier molecular flexibility index (Phi) is 6.33. The summed E-state index contributed by atoms with van der Waals surface area (Å²) in [4.78, 5) is 31.7. The number of fused-ring (bicyclic) bond motifs is 1. The van der Waals surface area contributed by atoms with Crippen LogP contribution >= 0.6 is 11.6 Å². The number of anilines is 2. The van der Waals surface area contributed by atoms with Gasteiger partial charge in [0.1, 0.15) is 22.8 Å². The normalized spacial score (nSPS) is 14.5. The summed E-state index contributed by atoms with van der Waals surface area (Å²) in [6.45, 7) is 4.68. The van der Waals surface area contributed by atoms with Crippen molar-refractivity contribution in [3.63, 3.8) is 0 Å². The van der Waals surface area contributed by atoms with Crippen molar-refractivity contribution in [1.29, 1.82) is 0 Å². The number of halogens is 3. The summed E-state index contributed by atoms with van der Waals surface area (Å²) in [6, 6.07) is 13.1. The number of aromatic carboxylic acids is 1. The van der Waals surface area contributed by atoms with E-state index >= 15 is 0 Å². The van der Waals surface area contributed by atoms with E-state index in [0.29, 0.717) is 36.0 Å². The fourth-order valence-corrected chi connectivity index (χ4v) is 4.87. The maximum atomic E-state index is 14.6. The lowest BCUT2D eigenvalue weighted by atomic mass is 9.91. The average molecular weight is 525 g/mol. The molecule has 0 amide bonds. The van der Waals surface area contributed by atoms with Crippen molar-refractivity contribution in [1.82, 2.24) is 9.38 Å². The molecule has 1 aliphatic heterocycles. The van der Waals surface area contributed by atoms with Gasteiger partial charge in [-0.1, -0.05) is 41.9 Å². The minimum atomic E-state index is -1.50. The number of carboxylic acid groups (broad SMARTS) is 1. The first-order valence-electron chi connectivity index (χ1n) is 11.7. The predicted molar refractivity (Wildman–Crippen MR) is 138 cm³/mol. The molecule has 1 saturated heterocycles. The Balaban J connectivity index is 1.54. The maximum Gasteiger partial charge on any atom is 0.340 e. The van der Waals surface area contributed by atoms with E-state index in [9.17, 15) is 23.5 Å². The van der Waals surface area contributed by atoms with E-state index in [1.165, 1.54) is 23.8 Å². The number of carbonyl (C=O) groups is 1. The smallest absolute Gasteiger partial charge is 0.340 e. The van der Waals surface area contributed by atoms with Gasteiger partial charge in [-0.15, -0.1) is 0 Å². The number of benzene rings is 2. The highest BCUT2D eigenvalue weighted by Gasteiger charge is 2.31. The van der Waals surface area contributed by atoms with E-state index in [4.69, 9.17) is 16.6 Å². The van der Waals surface area contributed by atoms with Crippen molar-refractivity contribution in [2.24, 2.45) is 0 Å². The zero-order valence-electron chi connectivity index (χ0n) is 20.0. The largest absolute Gasteiger partial charge is 0.478 e. The van der Waals surface area contributed by atoms with Crippen molar-refractivity contribution < 1.29 is 18.7 Å². The van der Waals surface area contributed by atoms with Crippen molar-refractivity contribution in [2.45, 2.75) is 25.8 Å². The number of hydrogen-bond donors (Lipinski definition) is 2. The molecule has 190 valence electrons. The van der Waals surface area contributed by atoms with Crippen LogP contribution in [0.15, 0.2) is 59.5 Å². The van der Waals surface area contributed by atoms with Gasteiger partial charge in [-0.3, -0.25) is 9.20 Å². The fraction of sp³-hybridized carbons (Fsp3) is 0.222. The molecule has 2 N–H and O–H groups in total. The summed E-state index contributed by atoms with van der Waals surface area (Å²) in [5.74, 6) is -2.42. The molecular weight excluding hydrogens is 502 g/mol. The molecule has 0 radical (unpaired) electrons. The number of pyridine rings is 1. The number of carboxylic acids is 1. The lowest BCUT2D eigenvalue weighted by Crippen LogP contribution is -2.46. The van der Waals surface area contributed by atoms with Gasteiger partial charge in [0, 0.05) is 30.8 Å². The highest BCUT2D eigenvalue weighted by Crippen LogP contribution is 2.33. The average Bonchev–Trinajstić information content (AvgIpc) is 2.84. The molecule has 3 heterocycles. The van der Waals surface area contributed by atoms with E-state index < -0.39 is 34.8 Å². The minimum Gasteiger partial charge on any atom is -0.478 e. The molecule has 10 heteroatoms. The summed E-state index contributed by atoms with van der Waals surface area (Å²) in [5, 5.41) is 12.1. The lowest BCUT2D eigenvalue weighted by Gasteiger charge is -2.41. The molecule has 0 saturated carbocycles. The Bertz CT molecular complexity index is 1590. The van der Waals surface area contributed by atoms with Gasteiger partial charge in [-0.25, -0.2) is 18.6 Å². The number of hydrogen-bond acceptors (Lipinski definition) is 5. The number of nitrogens with one attached hydrogen (secondary N) is 1. The maximum absolute atomic E-state index is 14.6. The zero-order chi connectivity index (χ0) is 26.4. The van der Waals surface area contributed by atoms with E-state index in [1.807, 2.05) is 23.1 Å². The van der Waals surface area contributed by atoms with Crippen LogP contribution in [0.3, 0.4) is 0 Å². The molecule has 2 aromatic heterocycles. The first-order chi connectivity index (χ1) is 17.7. The molecule has 0 aliphatic carbocycles. The molecule has 1 atom stereocenters. The van der Waals surface area contributed by atoms with E-state index in [-0.39, 0.29) is 16.4 Å². The Morgan fingerprint density at radius 1 is 1.19 bits per heavy atom. The van der Waals surface area contributed by atoms with Gasteiger partial charge in [-0.05, 0) is 37.6 Å². The van der Waals surface area contributed by atoms with Crippen LogP contribution in [0.25, 0.3) is 5.65 Å². The van der Waals surface area contributed by atoms with Crippen LogP contribution in [0, 0.1) is 18.6 Å². The summed E-state index contributed by atoms with van der Waals surface area (Å²) < 4.78 is 30.2. The van der Waals surface area contributed by atoms with Crippen molar-refractivity contribution in [2.75, 3.05) is 23.3 Å². The fourth-order valence-electron chi connectivity index (χ4n) is 4.71. The van der Waals surface area contributed by atoms with Crippen LogP contribution in [0.5, 0.6) is 0 Å². The van der Waals surface area contributed by atoms with Crippen LogP contribution in [-0.4, -0.2) is 33.6 Å². The summed E-state index contributed by atoms with van der Waals surface area (Å²) in [5.41, 5.74) is 1.07. The molecule has 37 heavy (non-hydrogen) atoms. The monoisotopic (exact) mass is 524 g/mol. The molecule has 7 nitrogen and oxygen atoms in total. The molecule has 0 unspecified atom stereocenters. The Morgan fingerprint density at radius 3 is 2.57 bits per heavy atom. The third-order valence-corrected chi connectivity index (χ3v) is 7.01. The zero-order valence-corrected chi connectivity index (χ0v) is 20.8. The molecule has 1 fully saturated rings. The highest BCUT2D eigenvalue weighted by atomic mass is 35.5. The van der Waals surface area contributed by atoms with E-state index in [0.717, 1.165) is 10.6 Å². The first-order valence-corrected chi connectivity index (χ1v) is 12.0. The summed E-state index contributed by atoms with van der Waals surface area (Å²) in [6.07, 6.45) is 1.07. The number of nitrogens with zero attached hydrogens (tertiary/aromatic N) is 3. The second-order valence-electron chi connectivity index (χ2n) is 9.14. The predicted octanol–water partition coefficient (Wildman–Crippen LogP) is 5.41.